The van der Waals surface area contributed by atoms with Crippen molar-refractivity contribution in [1.29, 1.82) is 0 Å². The number of hydrogen-bond donors (Lipinski definition) is 1. The average Bonchev–Trinajstić information content (AvgIpc) is 3.10. The molecule has 0 fully saturated rings. The highest BCUT2D eigenvalue weighted by Gasteiger charge is 2.24. The van der Waals surface area contributed by atoms with Crippen molar-refractivity contribution < 1.29 is 13.2 Å². The Labute approximate surface area is 176 Å². The summed E-state index contributed by atoms with van der Waals surface area (Å²) in [6, 6.07) is 13.8. The lowest BCUT2D eigenvalue weighted by atomic mass is 10.2. The molecule has 8 heteroatoms. The van der Waals surface area contributed by atoms with Gasteiger partial charge in [0, 0.05) is 22.3 Å². The summed E-state index contributed by atoms with van der Waals surface area (Å²) in [5.41, 5.74) is 0.564. The van der Waals surface area contributed by atoms with Crippen molar-refractivity contribution in [3.8, 4) is 0 Å². The lowest BCUT2D eigenvalue weighted by Crippen LogP contribution is -2.30. The first-order valence-electron chi connectivity index (χ1n) is 8.58. The number of nitrogens with zero attached hydrogens (tertiary/aromatic N) is 1. The second kappa shape index (κ2) is 8.46. The van der Waals surface area contributed by atoms with E-state index < -0.39 is 10.0 Å². The van der Waals surface area contributed by atoms with Gasteiger partial charge in [-0.1, -0.05) is 22.0 Å². The number of thiophene rings is 1. The molecule has 1 aromatic heterocycles. The van der Waals surface area contributed by atoms with Gasteiger partial charge in [0.05, 0.1) is 15.5 Å². The molecule has 0 bridgehead atoms. The van der Waals surface area contributed by atoms with Gasteiger partial charge in [0.15, 0.2) is 0 Å². The molecule has 5 nitrogen and oxygen atoms in total. The molecule has 3 aromatic rings. The van der Waals surface area contributed by atoms with Crippen molar-refractivity contribution in [2.45, 2.75) is 11.8 Å². The quantitative estimate of drug-likeness (QED) is 0.496. The van der Waals surface area contributed by atoms with E-state index in [2.05, 4.69) is 27.8 Å². The minimum Gasteiger partial charge on any atom is -0.348 e. The lowest BCUT2D eigenvalue weighted by molar-refractivity contribution is 0.0962. The predicted octanol–water partition coefficient (Wildman–Crippen LogP) is 4.79. The fourth-order valence-electron chi connectivity index (χ4n) is 2.77. The van der Waals surface area contributed by atoms with Gasteiger partial charge in [0.2, 0.25) is 0 Å². The van der Waals surface area contributed by atoms with Crippen LogP contribution in [0.15, 0.2) is 70.6 Å². The summed E-state index contributed by atoms with van der Waals surface area (Å²) in [5, 5.41) is 3.58. The molecule has 0 aliphatic carbocycles. The maximum Gasteiger partial charge on any atom is 0.264 e. The minimum absolute atomic E-state index is 0.169. The Balaban J connectivity index is 1.97. The Morgan fingerprint density at radius 3 is 2.57 bits per heavy atom. The molecule has 0 saturated carbocycles. The van der Waals surface area contributed by atoms with Gasteiger partial charge in [-0.2, -0.15) is 0 Å². The minimum atomic E-state index is -3.69. The highest BCUT2D eigenvalue weighted by molar-refractivity contribution is 9.10. The van der Waals surface area contributed by atoms with Gasteiger partial charge in [0.1, 0.15) is 0 Å². The Kier molecular flexibility index (Phi) is 6.22. The predicted molar refractivity (Wildman–Crippen MR) is 119 cm³/mol. The number of benzene rings is 2. The standard InChI is InChI=1S/C20H19BrN2O3S2/c1-3-11-22-20(24)19-13-14-12-16(7-10-18(14)27-19)23(4-2)28(25,26)17-8-5-15(21)6-9-17/h3,5-10,12-13H,1,4,11H2,2H3,(H,22,24). The van der Waals surface area contributed by atoms with Gasteiger partial charge in [-0.05, 0) is 60.8 Å². The maximum atomic E-state index is 13.1. The van der Waals surface area contributed by atoms with Crippen LogP contribution in [0.3, 0.4) is 0 Å². The molecule has 0 aliphatic rings. The number of carbonyl (C=O) groups excluding carboxylic acids is 1. The van der Waals surface area contributed by atoms with E-state index >= 15 is 0 Å². The first kappa shape index (κ1) is 20.6. The molecule has 2 aromatic carbocycles. The van der Waals surface area contributed by atoms with E-state index in [9.17, 15) is 13.2 Å². The van der Waals surface area contributed by atoms with Crippen molar-refractivity contribution in [2.24, 2.45) is 0 Å². The van der Waals surface area contributed by atoms with Crippen LogP contribution in [0.25, 0.3) is 10.1 Å². The SMILES string of the molecule is C=CCNC(=O)c1cc2cc(N(CC)S(=O)(=O)c3ccc(Br)cc3)ccc2s1. The molecule has 3 rings (SSSR count). The number of rotatable bonds is 7. The molecular formula is C20H19BrN2O3S2. The Morgan fingerprint density at radius 2 is 1.93 bits per heavy atom. The second-order valence-electron chi connectivity index (χ2n) is 5.96. The van der Waals surface area contributed by atoms with Crippen molar-refractivity contribution in [2.75, 3.05) is 17.4 Å². The number of nitrogens with one attached hydrogen (secondary N) is 1. The molecular weight excluding hydrogens is 460 g/mol. The molecule has 0 radical (unpaired) electrons. The van der Waals surface area contributed by atoms with Crippen LogP contribution in [0, 0.1) is 0 Å². The van der Waals surface area contributed by atoms with Crippen LogP contribution in [0.2, 0.25) is 0 Å². The van der Waals surface area contributed by atoms with Crippen LogP contribution in [0.5, 0.6) is 0 Å². The third-order valence-electron chi connectivity index (χ3n) is 4.11. The van der Waals surface area contributed by atoms with E-state index in [0.717, 1.165) is 14.6 Å². The maximum absolute atomic E-state index is 13.1. The zero-order valence-electron chi connectivity index (χ0n) is 15.2. The van der Waals surface area contributed by atoms with Crippen LogP contribution in [0.1, 0.15) is 16.6 Å². The number of carbonyl (C=O) groups is 1. The van der Waals surface area contributed by atoms with Gasteiger partial charge in [-0.3, -0.25) is 9.10 Å². The fourth-order valence-corrected chi connectivity index (χ4v) is 5.46. The summed E-state index contributed by atoms with van der Waals surface area (Å²) < 4.78 is 29.3. The molecule has 1 heterocycles. The smallest absolute Gasteiger partial charge is 0.264 e. The first-order valence-corrected chi connectivity index (χ1v) is 11.6. The summed E-state index contributed by atoms with van der Waals surface area (Å²) in [6.45, 7) is 6.07. The topological polar surface area (TPSA) is 66.5 Å². The van der Waals surface area contributed by atoms with E-state index in [0.29, 0.717) is 23.7 Å². The molecule has 0 aliphatic heterocycles. The van der Waals surface area contributed by atoms with Crippen molar-refractivity contribution in [3.05, 3.63) is 70.5 Å². The number of fused-ring (bicyclic) bond motifs is 1. The summed E-state index contributed by atoms with van der Waals surface area (Å²) in [4.78, 5) is 13.0. The Morgan fingerprint density at radius 1 is 1.21 bits per heavy atom. The summed E-state index contributed by atoms with van der Waals surface area (Å²) in [6.07, 6.45) is 1.62. The van der Waals surface area contributed by atoms with E-state index in [4.69, 9.17) is 0 Å². The van der Waals surface area contributed by atoms with Gasteiger partial charge >= 0.3 is 0 Å². The summed E-state index contributed by atoms with van der Waals surface area (Å²) >= 11 is 4.69. The van der Waals surface area contributed by atoms with E-state index in [1.165, 1.54) is 15.6 Å². The highest BCUT2D eigenvalue weighted by atomic mass is 79.9. The van der Waals surface area contributed by atoms with Gasteiger partial charge < -0.3 is 5.32 Å². The summed E-state index contributed by atoms with van der Waals surface area (Å²) in [5.74, 6) is -0.169. The van der Waals surface area contributed by atoms with E-state index in [1.807, 2.05) is 6.07 Å². The zero-order valence-corrected chi connectivity index (χ0v) is 18.4. The van der Waals surface area contributed by atoms with Crippen LogP contribution >= 0.6 is 27.3 Å². The van der Waals surface area contributed by atoms with Crippen LogP contribution in [0.4, 0.5) is 5.69 Å². The van der Waals surface area contributed by atoms with Gasteiger partial charge in [-0.15, -0.1) is 17.9 Å². The Bertz CT molecular complexity index is 1120. The highest BCUT2D eigenvalue weighted by Crippen LogP contribution is 2.32. The molecule has 0 atom stereocenters. The monoisotopic (exact) mass is 478 g/mol. The van der Waals surface area contributed by atoms with Crippen molar-refractivity contribution in [3.63, 3.8) is 0 Å². The fraction of sp³-hybridized carbons (Fsp3) is 0.150. The molecule has 0 unspecified atom stereocenters. The third-order valence-corrected chi connectivity index (χ3v) is 7.67. The second-order valence-corrected chi connectivity index (χ2v) is 9.82. The van der Waals surface area contributed by atoms with Crippen molar-refractivity contribution >= 4 is 59.0 Å². The number of amides is 1. The zero-order chi connectivity index (χ0) is 20.3. The number of hydrogen-bond acceptors (Lipinski definition) is 4. The number of halogens is 1. The molecule has 1 N–H and O–H groups in total. The largest absolute Gasteiger partial charge is 0.348 e. The number of anilines is 1. The van der Waals surface area contributed by atoms with E-state index in [1.54, 1.807) is 55.5 Å². The van der Waals surface area contributed by atoms with Crippen LogP contribution in [-0.2, 0) is 10.0 Å². The average molecular weight is 479 g/mol. The first-order chi connectivity index (χ1) is 13.4. The molecule has 0 saturated heterocycles. The Hall–Kier alpha value is -2.16. The lowest BCUT2D eigenvalue weighted by Gasteiger charge is -2.23. The van der Waals surface area contributed by atoms with Crippen molar-refractivity contribution in [1.82, 2.24) is 5.32 Å². The third kappa shape index (κ3) is 4.14. The van der Waals surface area contributed by atoms with Crippen LogP contribution < -0.4 is 9.62 Å². The molecule has 0 spiro atoms. The van der Waals surface area contributed by atoms with Gasteiger partial charge in [-0.25, -0.2) is 8.42 Å². The van der Waals surface area contributed by atoms with Gasteiger partial charge in [0.25, 0.3) is 15.9 Å². The molecule has 28 heavy (non-hydrogen) atoms. The van der Waals surface area contributed by atoms with Crippen LogP contribution in [-0.4, -0.2) is 27.4 Å². The normalized spacial score (nSPS) is 11.4. The summed E-state index contributed by atoms with van der Waals surface area (Å²) in [7, 11) is -3.69. The molecule has 1 amide bonds. The van der Waals surface area contributed by atoms with E-state index in [-0.39, 0.29) is 10.8 Å². The molecule has 146 valence electrons. The number of sulfonamides is 1.